The molecular weight excluding hydrogens is 278 g/mol. The van der Waals surface area contributed by atoms with Crippen molar-refractivity contribution in [3.8, 4) is 0 Å². The first-order chi connectivity index (χ1) is 10.6. The summed E-state index contributed by atoms with van der Waals surface area (Å²) in [5, 5.41) is 3.40. The van der Waals surface area contributed by atoms with Gasteiger partial charge in [-0.15, -0.1) is 0 Å². The predicted molar refractivity (Wildman–Crippen MR) is 85.8 cm³/mol. The number of pyridine rings is 1. The molecule has 3 rings (SSSR count). The van der Waals surface area contributed by atoms with E-state index >= 15 is 0 Å². The first-order valence-corrected chi connectivity index (χ1v) is 8.32. The maximum Gasteiger partial charge on any atom is 0.251 e. The lowest BCUT2D eigenvalue weighted by molar-refractivity contribution is -0.136. The SMILES string of the molecule is Cc1ccn(CC(=O)N2CCCCC2C2CCNC2)c(=O)c1. The molecule has 0 spiro atoms. The van der Waals surface area contributed by atoms with E-state index in [1.165, 1.54) is 11.0 Å². The number of aromatic nitrogens is 1. The van der Waals surface area contributed by atoms with E-state index in [9.17, 15) is 9.59 Å². The van der Waals surface area contributed by atoms with Crippen molar-refractivity contribution >= 4 is 5.91 Å². The molecule has 0 radical (unpaired) electrons. The summed E-state index contributed by atoms with van der Waals surface area (Å²) in [6, 6.07) is 3.81. The number of hydrogen-bond acceptors (Lipinski definition) is 3. The van der Waals surface area contributed by atoms with Gasteiger partial charge in [0.2, 0.25) is 5.91 Å². The van der Waals surface area contributed by atoms with Crippen molar-refractivity contribution in [2.24, 2.45) is 5.92 Å². The summed E-state index contributed by atoms with van der Waals surface area (Å²) in [7, 11) is 0. The Hall–Kier alpha value is -1.62. The lowest BCUT2D eigenvalue weighted by Crippen LogP contribution is -2.49. The third kappa shape index (κ3) is 3.24. The Balaban J connectivity index is 1.72. The van der Waals surface area contributed by atoms with Gasteiger partial charge in [-0.3, -0.25) is 9.59 Å². The van der Waals surface area contributed by atoms with Gasteiger partial charge in [0, 0.05) is 24.8 Å². The molecule has 1 aromatic heterocycles. The molecule has 5 heteroatoms. The fourth-order valence-corrected chi connectivity index (χ4v) is 3.74. The van der Waals surface area contributed by atoms with Crippen LogP contribution in [0.25, 0.3) is 0 Å². The zero-order valence-electron chi connectivity index (χ0n) is 13.3. The van der Waals surface area contributed by atoms with E-state index < -0.39 is 0 Å². The smallest absolute Gasteiger partial charge is 0.251 e. The van der Waals surface area contributed by atoms with Crippen LogP contribution in [-0.2, 0) is 11.3 Å². The van der Waals surface area contributed by atoms with Gasteiger partial charge in [0.25, 0.3) is 5.56 Å². The van der Waals surface area contributed by atoms with Crippen molar-refractivity contribution in [1.29, 1.82) is 0 Å². The van der Waals surface area contributed by atoms with Gasteiger partial charge in [-0.05, 0) is 63.2 Å². The van der Waals surface area contributed by atoms with E-state index in [-0.39, 0.29) is 18.0 Å². The van der Waals surface area contributed by atoms with E-state index in [1.807, 2.05) is 17.9 Å². The van der Waals surface area contributed by atoms with Crippen LogP contribution in [-0.4, -0.2) is 41.1 Å². The number of piperidine rings is 1. The van der Waals surface area contributed by atoms with Crippen molar-refractivity contribution in [1.82, 2.24) is 14.8 Å². The average Bonchev–Trinajstić information content (AvgIpc) is 3.04. The summed E-state index contributed by atoms with van der Waals surface area (Å²) in [4.78, 5) is 26.7. The van der Waals surface area contributed by atoms with Gasteiger partial charge in [-0.2, -0.15) is 0 Å². The standard InChI is InChI=1S/C17H25N3O2/c1-13-6-9-19(16(21)10-13)12-17(22)20-8-3-2-4-15(20)14-5-7-18-11-14/h6,9-10,14-15,18H,2-5,7-8,11-12H2,1H3. The van der Waals surface area contributed by atoms with E-state index in [1.54, 1.807) is 12.3 Å². The Kier molecular flexibility index (Phi) is 4.62. The van der Waals surface area contributed by atoms with Gasteiger partial charge in [0.05, 0.1) is 0 Å². The molecule has 0 saturated carbocycles. The van der Waals surface area contributed by atoms with Crippen molar-refractivity contribution in [2.75, 3.05) is 19.6 Å². The quantitative estimate of drug-likeness (QED) is 0.911. The van der Waals surface area contributed by atoms with Crippen LogP contribution in [0.3, 0.4) is 0 Å². The molecular formula is C17H25N3O2. The van der Waals surface area contributed by atoms with Crippen LogP contribution >= 0.6 is 0 Å². The molecule has 2 atom stereocenters. The van der Waals surface area contributed by atoms with Gasteiger partial charge >= 0.3 is 0 Å². The van der Waals surface area contributed by atoms with Crippen LogP contribution in [0.2, 0.25) is 0 Å². The average molecular weight is 303 g/mol. The third-order valence-electron chi connectivity index (χ3n) is 4.97. The predicted octanol–water partition coefficient (Wildman–Crippen LogP) is 1.15. The highest BCUT2D eigenvalue weighted by Crippen LogP contribution is 2.27. The number of hydrogen-bond donors (Lipinski definition) is 1. The number of aryl methyl sites for hydroxylation is 1. The molecule has 2 aliphatic heterocycles. The topological polar surface area (TPSA) is 54.3 Å². The lowest BCUT2D eigenvalue weighted by atomic mass is 9.89. The Morgan fingerprint density at radius 3 is 2.95 bits per heavy atom. The molecule has 2 unspecified atom stereocenters. The Bertz CT molecular complexity index is 590. The number of carbonyl (C=O) groups excluding carboxylic acids is 1. The van der Waals surface area contributed by atoms with Gasteiger partial charge in [0.1, 0.15) is 6.54 Å². The van der Waals surface area contributed by atoms with E-state index in [0.717, 1.165) is 44.5 Å². The first kappa shape index (κ1) is 15.3. The Labute approximate surface area is 131 Å². The first-order valence-electron chi connectivity index (χ1n) is 8.32. The van der Waals surface area contributed by atoms with E-state index in [0.29, 0.717) is 12.0 Å². The highest BCUT2D eigenvalue weighted by molar-refractivity contribution is 5.76. The normalized spacial score (nSPS) is 25.4. The summed E-state index contributed by atoms with van der Waals surface area (Å²) in [6.07, 6.45) is 6.26. The van der Waals surface area contributed by atoms with Crippen LogP contribution in [0.1, 0.15) is 31.2 Å². The number of nitrogens with zero attached hydrogens (tertiary/aromatic N) is 2. The second kappa shape index (κ2) is 6.65. The molecule has 2 aliphatic rings. The second-order valence-corrected chi connectivity index (χ2v) is 6.57. The molecule has 1 N–H and O–H groups in total. The fourth-order valence-electron chi connectivity index (χ4n) is 3.74. The molecule has 2 fully saturated rings. The number of likely N-dealkylation sites (tertiary alicyclic amines) is 1. The third-order valence-corrected chi connectivity index (χ3v) is 4.97. The molecule has 1 aromatic rings. The zero-order valence-corrected chi connectivity index (χ0v) is 13.3. The van der Waals surface area contributed by atoms with Crippen LogP contribution in [0.15, 0.2) is 23.1 Å². The molecule has 2 saturated heterocycles. The summed E-state index contributed by atoms with van der Waals surface area (Å²) in [5.41, 5.74) is 0.839. The number of carbonyl (C=O) groups is 1. The van der Waals surface area contributed by atoms with Crippen molar-refractivity contribution in [3.63, 3.8) is 0 Å². The van der Waals surface area contributed by atoms with Crippen LogP contribution in [0, 0.1) is 12.8 Å². The van der Waals surface area contributed by atoms with E-state index in [2.05, 4.69) is 5.32 Å². The summed E-state index contributed by atoms with van der Waals surface area (Å²) >= 11 is 0. The zero-order chi connectivity index (χ0) is 15.5. The Morgan fingerprint density at radius 2 is 2.23 bits per heavy atom. The highest BCUT2D eigenvalue weighted by atomic mass is 16.2. The molecule has 5 nitrogen and oxygen atoms in total. The number of rotatable bonds is 3. The molecule has 120 valence electrons. The summed E-state index contributed by atoms with van der Waals surface area (Å²) in [6.45, 7) is 4.96. The van der Waals surface area contributed by atoms with Crippen LogP contribution < -0.4 is 10.9 Å². The molecule has 1 amide bonds. The maximum absolute atomic E-state index is 12.7. The molecule has 3 heterocycles. The minimum atomic E-state index is -0.0931. The molecule has 0 aromatic carbocycles. The largest absolute Gasteiger partial charge is 0.338 e. The fraction of sp³-hybridized carbons (Fsp3) is 0.647. The van der Waals surface area contributed by atoms with Crippen molar-refractivity contribution in [3.05, 3.63) is 34.2 Å². The van der Waals surface area contributed by atoms with Gasteiger partial charge < -0.3 is 14.8 Å². The minimum Gasteiger partial charge on any atom is -0.338 e. The van der Waals surface area contributed by atoms with Gasteiger partial charge in [0.15, 0.2) is 0 Å². The Morgan fingerprint density at radius 1 is 1.36 bits per heavy atom. The maximum atomic E-state index is 12.7. The van der Waals surface area contributed by atoms with Gasteiger partial charge in [-0.1, -0.05) is 0 Å². The summed E-state index contributed by atoms with van der Waals surface area (Å²) in [5.74, 6) is 0.654. The lowest BCUT2D eigenvalue weighted by Gasteiger charge is -2.39. The van der Waals surface area contributed by atoms with Crippen LogP contribution in [0.4, 0.5) is 0 Å². The number of amides is 1. The summed E-state index contributed by atoms with van der Waals surface area (Å²) < 4.78 is 1.52. The monoisotopic (exact) mass is 303 g/mol. The van der Waals surface area contributed by atoms with Crippen LogP contribution in [0.5, 0.6) is 0 Å². The van der Waals surface area contributed by atoms with Gasteiger partial charge in [-0.25, -0.2) is 0 Å². The number of nitrogens with one attached hydrogen (secondary N) is 1. The molecule has 0 aliphatic carbocycles. The van der Waals surface area contributed by atoms with Crippen molar-refractivity contribution < 1.29 is 4.79 Å². The second-order valence-electron chi connectivity index (χ2n) is 6.57. The molecule has 0 bridgehead atoms. The minimum absolute atomic E-state index is 0.0857. The highest BCUT2D eigenvalue weighted by Gasteiger charge is 2.34. The van der Waals surface area contributed by atoms with Crippen molar-refractivity contribution in [2.45, 2.75) is 45.2 Å². The van der Waals surface area contributed by atoms with E-state index in [4.69, 9.17) is 0 Å². The molecule has 22 heavy (non-hydrogen) atoms.